The van der Waals surface area contributed by atoms with Gasteiger partial charge in [-0.15, -0.1) is 0 Å². The van der Waals surface area contributed by atoms with Gasteiger partial charge in [0.1, 0.15) is 0 Å². The highest BCUT2D eigenvalue weighted by atomic mass is 16.7. The maximum Gasteiger partial charge on any atom is 0.161 e. The molecule has 0 aromatic rings. The summed E-state index contributed by atoms with van der Waals surface area (Å²) in [6.07, 6.45) is 53.9. The van der Waals surface area contributed by atoms with Gasteiger partial charge in [-0.25, -0.2) is 0 Å². The van der Waals surface area contributed by atoms with Crippen molar-refractivity contribution in [3.63, 3.8) is 0 Å². The minimum Gasteiger partial charge on any atom is -0.346 e. The Morgan fingerprint density at radius 1 is 0.469 bits per heavy atom. The van der Waals surface area contributed by atoms with Crippen molar-refractivity contribution in [3.05, 3.63) is 24.3 Å². The normalized spacial score (nSPS) is 21.8. The van der Waals surface area contributed by atoms with Crippen molar-refractivity contribution in [1.29, 1.82) is 0 Å². The molecule has 2 rings (SSSR count). The van der Waals surface area contributed by atoms with Crippen LogP contribution in [0.2, 0.25) is 0 Å². The summed E-state index contributed by atoms with van der Waals surface area (Å²) in [5.74, 6) is 0.589. The molecule has 0 bridgehead atoms. The van der Waals surface area contributed by atoms with Crippen LogP contribution in [0.1, 0.15) is 219 Å². The second kappa shape index (κ2) is 29.9. The van der Waals surface area contributed by atoms with Gasteiger partial charge in [0.25, 0.3) is 0 Å². The van der Waals surface area contributed by atoms with Gasteiger partial charge in [0.15, 0.2) is 6.29 Å². The van der Waals surface area contributed by atoms with Gasteiger partial charge in [-0.2, -0.15) is 0 Å². The van der Waals surface area contributed by atoms with Gasteiger partial charge in [0, 0.05) is 18.8 Å². The standard InChI is InChI=1S/C46H88NO2/c1-6-8-10-12-14-16-18-20-22-24-26-28-30-32-34-36-38-42(46-48-44-40-43(47(3,4)5)41-45(44)49-46)39-37-35-33-31-29-27-25-23-21-19-17-15-13-11-9-7-2/h14,16,20,22,42-46H,6-13,15,17-19,21,23-41H2,1-5H3/q+1/b16-14-,22-20-/t42?,43?,44-,45?,46?/m0/s1. The van der Waals surface area contributed by atoms with Crippen LogP contribution in [0, 0.1) is 5.92 Å². The maximum atomic E-state index is 6.69. The van der Waals surface area contributed by atoms with Crippen LogP contribution in [-0.2, 0) is 9.47 Å². The highest BCUT2D eigenvalue weighted by Crippen LogP contribution is 2.40. The molecule has 0 aromatic carbocycles. The van der Waals surface area contributed by atoms with E-state index in [1.54, 1.807) is 0 Å². The number of quaternary nitrogens is 1. The van der Waals surface area contributed by atoms with Crippen LogP contribution in [0.5, 0.6) is 0 Å². The molecule has 288 valence electrons. The highest BCUT2D eigenvalue weighted by Gasteiger charge is 2.49. The fourth-order valence-corrected chi connectivity index (χ4v) is 8.22. The molecule has 0 aromatic heterocycles. The lowest BCUT2D eigenvalue weighted by molar-refractivity contribution is -0.895. The van der Waals surface area contributed by atoms with Crippen molar-refractivity contribution < 1.29 is 14.0 Å². The second-order valence-electron chi connectivity index (χ2n) is 17.2. The van der Waals surface area contributed by atoms with Crippen LogP contribution in [0.3, 0.4) is 0 Å². The average molecular weight is 687 g/mol. The first-order valence-electron chi connectivity index (χ1n) is 22.4. The molecule has 0 spiro atoms. The molecule has 1 heterocycles. The van der Waals surface area contributed by atoms with E-state index >= 15 is 0 Å². The van der Waals surface area contributed by atoms with Crippen molar-refractivity contribution in [3.8, 4) is 0 Å². The number of unbranched alkanes of at least 4 members (excludes halogenated alkanes) is 24. The Morgan fingerprint density at radius 3 is 1.22 bits per heavy atom. The Balaban J connectivity index is 1.55. The first kappa shape index (κ1) is 44.5. The van der Waals surface area contributed by atoms with E-state index in [9.17, 15) is 0 Å². The zero-order chi connectivity index (χ0) is 35.3. The summed E-state index contributed by atoms with van der Waals surface area (Å²) in [4.78, 5) is 0. The molecule has 1 aliphatic carbocycles. The zero-order valence-corrected chi connectivity index (χ0v) is 34.1. The summed E-state index contributed by atoms with van der Waals surface area (Å²) in [5, 5.41) is 0. The number of allylic oxidation sites excluding steroid dienone is 4. The third-order valence-corrected chi connectivity index (χ3v) is 11.7. The summed E-state index contributed by atoms with van der Waals surface area (Å²) in [6, 6.07) is 0.669. The molecule has 0 radical (unpaired) electrons. The predicted octanol–water partition coefficient (Wildman–Crippen LogP) is 14.4. The molecule has 4 unspecified atom stereocenters. The second-order valence-corrected chi connectivity index (χ2v) is 17.2. The number of ether oxygens (including phenoxy) is 2. The lowest BCUT2D eigenvalue weighted by Crippen LogP contribution is -2.44. The molecule has 49 heavy (non-hydrogen) atoms. The first-order chi connectivity index (χ1) is 24.0. The zero-order valence-electron chi connectivity index (χ0n) is 34.1. The van der Waals surface area contributed by atoms with Gasteiger partial charge < -0.3 is 14.0 Å². The molecule has 0 N–H and O–H groups in total. The van der Waals surface area contributed by atoms with Crippen molar-refractivity contribution in [1.82, 2.24) is 0 Å². The first-order valence-corrected chi connectivity index (χ1v) is 22.4. The van der Waals surface area contributed by atoms with E-state index in [1.165, 1.54) is 199 Å². The van der Waals surface area contributed by atoms with E-state index in [-0.39, 0.29) is 6.29 Å². The molecule has 1 aliphatic heterocycles. The molecule has 3 nitrogen and oxygen atoms in total. The van der Waals surface area contributed by atoms with Crippen LogP contribution in [0.25, 0.3) is 0 Å². The summed E-state index contributed by atoms with van der Waals surface area (Å²) in [7, 11) is 6.98. The molecule has 2 fully saturated rings. The third-order valence-electron chi connectivity index (χ3n) is 11.7. The van der Waals surface area contributed by atoms with Crippen LogP contribution in [0.15, 0.2) is 24.3 Å². The predicted molar refractivity (Wildman–Crippen MR) is 216 cm³/mol. The Morgan fingerprint density at radius 2 is 0.816 bits per heavy atom. The molecule has 2 aliphatic rings. The Bertz CT molecular complexity index is 770. The summed E-state index contributed by atoms with van der Waals surface area (Å²) in [5.41, 5.74) is 0. The molecule has 0 amide bonds. The molecule has 3 heteroatoms. The van der Waals surface area contributed by atoms with Gasteiger partial charge in [0.2, 0.25) is 0 Å². The number of fused-ring (bicyclic) bond motifs is 1. The Labute approximate surface area is 308 Å². The molecular formula is C46H88NO2+. The van der Waals surface area contributed by atoms with Gasteiger partial charge in [-0.3, -0.25) is 0 Å². The third kappa shape index (κ3) is 22.8. The Kier molecular flexibility index (Phi) is 27.2. The largest absolute Gasteiger partial charge is 0.346 e. The van der Waals surface area contributed by atoms with Gasteiger partial charge in [0.05, 0.1) is 39.4 Å². The van der Waals surface area contributed by atoms with E-state index in [0.717, 1.165) is 10.9 Å². The van der Waals surface area contributed by atoms with E-state index in [2.05, 4.69) is 59.3 Å². The van der Waals surface area contributed by atoms with Crippen molar-refractivity contribution in [2.75, 3.05) is 21.1 Å². The lowest BCUT2D eigenvalue weighted by Gasteiger charge is -2.32. The van der Waals surface area contributed by atoms with E-state index in [0.29, 0.717) is 24.2 Å². The minimum absolute atomic E-state index is 0.0535. The smallest absolute Gasteiger partial charge is 0.161 e. The summed E-state index contributed by atoms with van der Waals surface area (Å²) >= 11 is 0. The van der Waals surface area contributed by atoms with Gasteiger partial charge in [-0.05, 0) is 44.9 Å². The topological polar surface area (TPSA) is 18.5 Å². The molecule has 5 atom stereocenters. The van der Waals surface area contributed by atoms with Crippen LogP contribution < -0.4 is 0 Å². The lowest BCUT2D eigenvalue weighted by atomic mass is 9.93. The van der Waals surface area contributed by atoms with E-state index in [1.807, 2.05) is 0 Å². The summed E-state index contributed by atoms with van der Waals surface area (Å²) < 4.78 is 14.4. The highest BCUT2D eigenvalue weighted by molar-refractivity contribution is 4.93. The SMILES string of the molecule is CCCCC/C=C\C/C=C\CCCCCCCCC(CCCCCCCCCCCCCCCCCC)C1OC2CC([N+](C)(C)C)C[C@@H]2O1. The maximum absolute atomic E-state index is 6.69. The number of hydrogen-bond donors (Lipinski definition) is 0. The van der Waals surface area contributed by atoms with Crippen LogP contribution >= 0.6 is 0 Å². The van der Waals surface area contributed by atoms with Gasteiger partial charge >= 0.3 is 0 Å². The number of hydrogen-bond acceptors (Lipinski definition) is 2. The average Bonchev–Trinajstić information content (AvgIpc) is 3.67. The minimum atomic E-state index is 0.0535. The molecular weight excluding hydrogens is 599 g/mol. The fourth-order valence-electron chi connectivity index (χ4n) is 8.22. The van der Waals surface area contributed by atoms with Gasteiger partial charge in [-0.1, -0.05) is 186 Å². The van der Waals surface area contributed by atoms with Crippen molar-refractivity contribution >= 4 is 0 Å². The molecule has 1 saturated carbocycles. The Hall–Kier alpha value is -0.640. The van der Waals surface area contributed by atoms with Crippen LogP contribution in [-0.4, -0.2) is 50.2 Å². The van der Waals surface area contributed by atoms with E-state index < -0.39 is 0 Å². The fraction of sp³-hybridized carbons (Fsp3) is 0.913. The monoisotopic (exact) mass is 687 g/mol. The van der Waals surface area contributed by atoms with E-state index in [4.69, 9.17) is 9.47 Å². The molecule has 1 saturated heterocycles. The van der Waals surface area contributed by atoms with Crippen molar-refractivity contribution in [2.45, 2.75) is 244 Å². The van der Waals surface area contributed by atoms with Crippen molar-refractivity contribution in [2.24, 2.45) is 5.92 Å². The number of rotatable bonds is 34. The quantitative estimate of drug-likeness (QED) is 0.0381. The summed E-state index contributed by atoms with van der Waals surface area (Å²) in [6.45, 7) is 4.58. The number of nitrogens with zero attached hydrogens (tertiary/aromatic N) is 1. The van der Waals surface area contributed by atoms with Crippen LogP contribution in [0.4, 0.5) is 0 Å².